The topological polar surface area (TPSA) is 366 Å². The maximum absolute atomic E-state index is 12.1. The Labute approximate surface area is 468 Å². The van der Waals surface area contributed by atoms with E-state index in [4.69, 9.17) is 62.2 Å². The average molecular weight is 1190 g/mol. The molecule has 22 nitrogen and oxygen atoms in total. The number of hydrogen-bond acceptors (Lipinski definition) is 24. The van der Waals surface area contributed by atoms with Crippen molar-refractivity contribution in [1.82, 2.24) is 15.6 Å². The molecule has 440 valence electrons. The van der Waals surface area contributed by atoms with Crippen molar-refractivity contribution in [3.05, 3.63) is 24.4 Å². The van der Waals surface area contributed by atoms with Crippen LogP contribution in [0.4, 0.5) is 0 Å². The zero-order chi connectivity index (χ0) is 57.4. The normalized spacial score (nSPS) is 29.5. The molecule has 0 aromatic carbocycles. The quantitative estimate of drug-likeness (QED) is 0.0238. The van der Waals surface area contributed by atoms with Gasteiger partial charge in [-0.3, -0.25) is 9.59 Å². The highest BCUT2D eigenvalue weighted by atomic mass is 33.1. The van der Waals surface area contributed by atoms with Crippen LogP contribution >= 0.6 is 50.1 Å². The number of nitrogens with zero attached hydrogens (tertiary/aromatic N) is 1. The monoisotopic (exact) mass is 1190 g/mol. The minimum atomic E-state index is -1.28. The highest BCUT2D eigenvalue weighted by Gasteiger charge is 2.50. The maximum Gasteiger partial charge on any atom is 0.355 e. The molecule has 0 bridgehead atoms. The van der Waals surface area contributed by atoms with Gasteiger partial charge < -0.3 is 97.1 Å². The van der Waals surface area contributed by atoms with Crippen molar-refractivity contribution in [3.63, 3.8) is 0 Å². The standard InChI is InChI=1S/C17H32N2O9S.C15H24N2O2S2.C8H17NO4.C7H17NO.H2P2S/c1-7-8(5-20)26-17(12(13(7)23)19-10(22)3-4-29)28-15-9(6-21)27-16(25-2)11(18)14(15)24;18-12-7-3-1-2-5-10-16-14(19)9-13-20-21-15-8-4-6-11-17-15;1-4-5(3-10)13-8(12-2)6(9)7(4)11;8-6-4-2-1-3-5-7-9;1-2-3/h7-9,11-17,20-21,23-24,29H,3-6,18H2,1-2H3,(H,19,22);4,6,8,11,18H,1-3,5,7,9-10,12-13H2,(H,16,19);4-8,10-11H,3,9H2,1-2H3;9H,1-8H2;1H2/p+1/i/hD. The molecule has 28 heteroatoms. The average Bonchev–Trinajstić information content (AvgIpc) is 3.41. The van der Waals surface area contributed by atoms with Crippen molar-refractivity contribution < 1.29 is 78.9 Å². The fraction of sp³-hybridized carbons (Fsp3) is 0.851. The van der Waals surface area contributed by atoms with E-state index in [2.05, 4.69) is 49.0 Å². The molecule has 75 heavy (non-hydrogen) atoms. The number of unbranched alkanes of at least 4 members (excludes halogenated alkanes) is 8. The molecule has 3 aliphatic rings. The second-order valence-corrected chi connectivity index (χ2v) is 23.3. The Morgan fingerprint density at radius 1 is 0.787 bits per heavy atom. The van der Waals surface area contributed by atoms with Crippen LogP contribution in [-0.2, 0) is 49.8 Å². The van der Waals surface area contributed by atoms with E-state index in [-0.39, 0.29) is 44.0 Å². The minimum absolute atomic E-state index is 0.117. The van der Waals surface area contributed by atoms with Gasteiger partial charge in [0.15, 0.2) is 37.7 Å². The molecule has 3 aliphatic heterocycles. The zero-order valence-corrected chi connectivity index (χ0v) is 49.4. The minimum Gasteiger partial charge on any atom is -0.396 e. The lowest BCUT2D eigenvalue weighted by Crippen LogP contribution is -2.67. The number of carbonyl (C=O) groups excluding carboxylic acids is 2. The van der Waals surface area contributed by atoms with E-state index in [0.717, 1.165) is 75.2 Å². The molecule has 1 aromatic heterocycles. The van der Waals surface area contributed by atoms with Gasteiger partial charge in [-0.1, -0.05) is 69.2 Å². The molecule has 16 N–H and O–H groups in total. The predicted molar refractivity (Wildman–Crippen MR) is 304 cm³/mol. The zero-order valence-electron chi connectivity index (χ0n) is 45.0. The van der Waals surface area contributed by atoms with Crippen molar-refractivity contribution >= 4 is 73.8 Å². The number of hydrogen-bond donors (Lipinski definition) is 14. The number of nitrogens with one attached hydrogen (secondary N) is 2. The van der Waals surface area contributed by atoms with Gasteiger partial charge in [-0.2, -0.15) is 12.6 Å². The van der Waals surface area contributed by atoms with Crippen molar-refractivity contribution in [2.75, 3.05) is 71.8 Å². The van der Waals surface area contributed by atoms with Gasteiger partial charge in [-0.05, 0) is 60.9 Å². The summed E-state index contributed by atoms with van der Waals surface area (Å²) in [4.78, 5) is 27.9. The molecule has 1 aromatic rings. The molecule has 0 saturated carbocycles. The summed E-state index contributed by atoms with van der Waals surface area (Å²) in [6, 6.07) is 3.32. The molecule has 2 amide bonds. The number of aliphatic hydroxyl groups is 8. The first-order valence-electron chi connectivity index (χ1n) is 25.9. The molecule has 4 rings (SSSR count). The molecule has 4 heterocycles. The molecule has 0 radical (unpaired) electrons. The Morgan fingerprint density at radius 2 is 1.29 bits per heavy atom. The molecule has 3 fully saturated rings. The van der Waals surface area contributed by atoms with Crippen LogP contribution in [0.15, 0.2) is 29.4 Å². The van der Waals surface area contributed by atoms with Crippen molar-refractivity contribution in [3.8, 4) is 0 Å². The first kappa shape index (κ1) is 72.4. The fourth-order valence-corrected chi connectivity index (χ4v) is 9.67. The second kappa shape index (κ2) is 47.1. The van der Waals surface area contributed by atoms with Gasteiger partial charge >= 0.3 is 1.28 Å². The van der Waals surface area contributed by atoms with Crippen molar-refractivity contribution in [2.24, 2.45) is 29.0 Å². The van der Waals surface area contributed by atoms with E-state index in [1.807, 2.05) is 18.2 Å². The summed E-state index contributed by atoms with van der Waals surface area (Å²) < 4.78 is 38.9. The lowest BCUT2D eigenvalue weighted by Gasteiger charge is -2.47. The third kappa shape index (κ3) is 30.7. The van der Waals surface area contributed by atoms with E-state index >= 15 is 0 Å². The summed E-state index contributed by atoms with van der Waals surface area (Å²) >= 11 is 8.33. The first-order valence-corrected chi connectivity index (χ1v) is 31.9. The van der Waals surface area contributed by atoms with Gasteiger partial charge in [0.05, 0.1) is 65.2 Å². The Balaban J connectivity index is 0.00000104. The van der Waals surface area contributed by atoms with Gasteiger partial charge in [0.25, 0.3) is 0 Å². The van der Waals surface area contributed by atoms with Gasteiger partial charge in [-0.15, -0.1) is 0 Å². The Morgan fingerprint density at radius 3 is 1.80 bits per heavy atom. The number of nitrogens with two attached hydrogens (primary N) is 3. The van der Waals surface area contributed by atoms with E-state index in [1.54, 1.807) is 41.6 Å². The number of methoxy groups -OCH3 is 2. The number of rotatable bonds is 28. The van der Waals surface area contributed by atoms with Crippen molar-refractivity contribution in [2.45, 2.75) is 176 Å². The Kier molecular flexibility index (Phi) is 45.5. The Bertz CT molecular complexity index is 1590. The largest absolute Gasteiger partial charge is 0.396 e. The maximum atomic E-state index is 12.1. The second-order valence-electron chi connectivity index (χ2n) is 17.7. The summed E-state index contributed by atoms with van der Waals surface area (Å²) in [5, 5.41) is 82.7. The first-order chi connectivity index (χ1) is 36.4. The number of aliphatic hydroxyl groups excluding tert-OH is 8. The lowest BCUT2D eigenvalue weighted by molar-refractivity contribution is -0.323. The van der Waals surface area contributed by atoms with Crippen molar-refractivity contribution in [1.29, 1.82) is 1.28 Å². The van der Waals surface area contributed by atoms with Crippen LogP contribution in [0.5, 0.6) is 0 Å². The number of ether oxygens (including phenoxy) is 6. The Hall–Kier alpha value is -0.590. The molecular weight excluding hydrogens is 1090 g/mol. The van der Waals surface area contributed by atoms with Gasteiger partial charge in [0, 0.05) is 70.6 Å². The molecule has 0 aliphatic carbocycles. The van der Waals surface area contributed by atoms with E-state index in [0.29, 0.717) is 18.8 Å². The highest BCUT2D eigenvalue weighted by molar-refractivity contribution is 8.76. The summed E-state index contributed by atoms with van der Waals surface area (Å²) in [6.07, 6.45) is 4.16. The number of pyridine rings is 1. The van der Waals surface area contributed by atoms with E-state index in [1.165, 1.54) is 27.1 Å². The highest BCUT2D eigenvalue weighted by Crippen LogP contribution is 2.32. The van der Waals surface area contributed by atoms with Crippen LogP contribution in [0.25, 0.3) is 0 Å². The van der Waals surface area contributed by atoms with Crippen LogP contribution in [0.2, 0.25) is 0 Å². The number of thiol groups is 1. The lowest BCUT2D eigenvalue weighted by atomic mass is 9.89. The van der Waals surface area contributed by atoms with Gasteiger partial charge in [-0.25, -0.2) is 4.98 Å². The van der Waals surface area contributed by atoms with Crippen LogP contribution < -0.4 is 27.8 Å². The van der Waals surface area contributed by atoms with Crippen LogP contribution in [0.1, 0.15) is 90.9 Å². The van der Waals surface area contributed by atoms with E-state index < -0.39 is 99.2 Å². The summed E-state index contributed by atoms with van der Waals surface area (Å²) in [7, 11) is 8.28. The molecule has 0 spiro atoms. The van der Waals surface area contributed by atoms with Gasteiger partial charge in [0.1, 0.15) is 29.4 Å². The fourth-order valence-electron chi connectivity index (χ4n) is 7.59. The summed E-state index contributed by atoms with van der Waals surface area (Å²) in [6.45, 7) is 3.76. The van der Waals surface area contributed by atoms with Crippen LogP contribution in [0.3, 0.4) is 0 Å². The third-order valence-electron chi connectivity index (χ3n) is 12.1. The number of aromatic nitrogens is 1. The molecule has 17 unspecified atom stereocenters. The molecular formula is C47H93N6O16P2S4+. The smallest absolute Gasteiger partial charge is 0.355 e. The van der Waals surface area contributed by atoms with Gasteiger partial charge in [0.2, 0.25) is 11.8 Å². The van der Waals surface area contributed by atoms with Crippen LogP contribution in [-0.4, -0.2) is 211 Å². The number of carbonyl (C=O) groups is 2. The SMILES string of the molecule is COC1OC(CO)C(C)C(O)C1N.COC1OC(CO)C(OC2OC(CO)C(C)C(O)C2NC(=O)CCS)C(O)C1N.NCCCCCCCO.O=C(CCSSc1ccccn1)NCCCCCCCO.[2H][P+](P)=S. The summed E-state index contributed by atoms with van der Waals surface area (Å²) in [5.74, 6) is 0.188. The van der Waals surface area contributed by atoms with Crippen LogP contribution in [0, 0.1) is 11.8 Å². The number of amides is 2. The summed E-state index contributed by atoms with van der Waals surface area (Å²) in [5.41, 5.74) is 16.9. The molecule has 17 atom stereocenters. The molecule has 3 saturated heterocycles. The van der Waals surface area contributed by atoms with E-state index in [9.17, 15) is 35.1 Å². The third-order valence-corrected chi connectivity index (χ3v) is 14.6. The predicted octanol–water partition coefficient (Wildman–Crippen LogP) is 0.692.